The van der Waals surface area contributed by atoms with Crippen molar-refractivity contribution in [1.29, 1.82) is 0 Å². The van der Waals surface area contributed by atoms with Crippen LogP contribution in [0, 0.1) is 0 Å². The fourth-order valence-electron chi connectivity index (χ4n) is 0.735. The maximum absolute atomic E-state index is 12.1. The van der Waals surface area contributed by atoms with Crippen LogP contribution < -0.4 is 0 Å². The van der Waals surface area contributed by atoms with Crippen molar-refractivity contribution in [2.75, 3.05) is 0 Å². The van der Waals surface area contributed by atoms with Crippen molar-refractivity contribution in [3.05, 3.63) is 23.5 Å². The average molecular weight is 238 g/mol. The quantitative estimate of drug-likeness (QED) is 0.803. The van der Waals surface area contributed by atoms with Gasteiger partial charge < -0.3 is 5.11 Å². The molecule has 0 saturated carbocycles. The summed E-state index contributed by atoms with van der Waals surface area (Å²) in [5, 5.41) is 9.41. The van der Waals surface area contributed by atoms with Crippen molar-refractivity contribution in [2.24, 2.45) is 0 Å². The molecule has 1 aromatic rings. The summed E-state index contributed by atoms with van der Waals surface area (Å²) in [6, 6.07) is 1.18. The molecule has 0 atom stereocenters. The SMILES string of the molecule is Oc1cnc(C(F)F)cc1CBr. The van der Waals surface area contributed by atoms with Crippen LogP contribution in [0.15, 0.2) is 12.3 Å². The molecular weight excluding hydrogens is 232 g/mol. The first kappa shape index (κ1) is 9.38. The molecule has 12 heavy (non-hydrogen) atoms. The third-order valence-electron chi connectivity index (χ3n) is 1.35. The van der Waals surface area contributed by atoms with Gasteiger partial charge in [-0.1, -0.05) is 15.9 Å². The fraction of sp³-hybridized carbons (Fsp3) is 0.286. The van der Waals surface area contributed by atoms with Gasteiger partial charge in [-0.15, -0.1) is 0 Å². The first-order valence-corrected chi connectivity index (χ1v) is 4.29. The molecule has 5 heteroatoms. The van der Waals surface area contributed by atoms with Crippen LogP contribution in [0.25, 0.3) is 0 Å². The van der Waals surface area contributed by atoms with Gasteiger partial charge in [-0.25, -0.2) is 8.78 Å². The summed E-state index contributed by atoms with van der Waals surface area (Å²) in [5.74, 6) is -0.0729. The summed E-state index contributed by atoms with van der Waals surface area (Å²) in [6.07, 6.45) is -1.57. The van der Waals surface area contributed by atoms with Gasteiger partial charge in [0.15, 0.2) is 0 Å². The molecule has 0 fully saturated rings. The van der Waals surface area contributed by atoms with Gasteiger partial charge in [-0.05, 0) is 6.07 Å². The van der Waals surface area contributed by atoms with Gasteiger partial charge in [0.1, 0.15) is 11.4 Å². The minimum Gasteiger partial charge on any atom is -0.506 e. The predicted molar refractivity (Wildman–Crippen MR) is 43.5 cm³/mol. The van der Waals surface area contributed by atoms with Crippen LogP contribution in [0.5, 0.6) is 5.75 Å². The van der Waals surface area contributed by atoms with Crippen molar-refractivity contribution < 1.29 is 13.9 Å². The summed E-state index contributed by atoms with van der Waals surface area (Å²) in [4.78, 5) is 3.37. The molecule has 0 saturated heterocycles. The lowest BCUT2D eigenvalue weighted by atomic mass is 10.2. The molecule has 0 aliphatic heterocycles. The Morgan fingerprint density at radius 1 is 1.58 bits per heavy atom. The second-order valence-electron chi connectivity index (χ2n) is 2.17. The zero-order valence-electron chi connectivity index (χ0n) is 5.97. The second kappa shape index (κ2) is 3.80. The van der Waals surface area contributed by atoms with E-state index in [0.717, 1.165) is 6.20 Å². The first-order chi connectivity index (χ1) is 5.65. The van der Waals surface area contributed by atoms with E-state index in [1.807, 2.05) is 0 Å². The van der Waals surface area contributed by atoms with E-state index >= 15 is 0 Å². The highest BCUT2D eigenvalue weighted by Gasteiger charge is 2.10. The third-order valence-corrected chi connectivity index (χ3v) is 1.96. The predicted octanol–water partition coefficient (Wildman–Crippen LogP) is 2.62. The van der Waals surface area contributed by atoms with Gasteiger partial charge in [-0.3, -0.25) is 4.98 Å². The smallest absolute Gasteiger partial charge is 0.280 e. The van der Waals surface area contributed by atoms with Gasteiger partial charge in [0.25, 0.3) is 6.43 Å². The minimum atomic E-state index is -2.59. The monoisotopic (exact) mass is 237 g/mol. The Kier molecular flexibility index (Phi) is 2.97. The molecule has 66 valence electrons. The van der Waals surface area contributed by atoms with Gasteiger partial charge in [-0.2, -0.15) is 0 Å². The highest BCUT2D eigenvalue weighted by atomic mass is 79.9. The molecule has 0 unspecified atom stereocenters. The normalized spacial score (nSPS) is 10.7. The van der Waals surface area contributed by atoms with Crippen LogP contribution in [0.3, 0.4) is 0 Å². The Hall–Kier alpha value is -0.710. The topological polar surface area (TPSA) is 33.1 Å². The van der Waals surface area contributed by atoms with E-state index in [9.17, 15) is 8.78 Å². The molecule has 0 aliphatic carbocycles. The minimum absolute atomic E-state index is 0.0729. The Balaban J connectivity index is 3.05. The lowest BCUT2D eigenvalue weighted by Gasteiger charge is -2.02. The number of aromatic hydroxyl groups is 1. The number of pyridine rings is 1. The molecule has 0 spiro atoms. The van der Waals surface area contributed by atoms with Crippen LogP contribution in [0.2, 0.25) is 0 Å². The summed E-state index contributed by atoms with van der Waals surface area (Å²) in [5.41, 5.74) is 0.0996. The Morgan fingerprint density at radius 2 is 2.25 bits per heavy atom. The number of alkyl halides is 3. The van der Waals surface area contributed by atoms with E-state index in [2.05, 4.69) is 20.9 Å². The van der Waals surface area contributed by atoms with Gasteiger partial charge in [0.2, 0.25) is 0 Å². The Morgan fingerprint density at radius 3 is 2.75 bits per heavy atom. The van der Waals surface area contributed by atoms with Crippen molar-refractivity contribution in [3.8, 4) is 5.75 Å². The van der Waals surface area contributed by atoms with E-state index in [-0.39, 0.29) is 11.4 Å². The van der Waals surface area contributed by atoms with Crippen molar-refractivity contribution >= 4 is 15.9 Å². The lowest BCUT2D eigenvalue weighted by Crippen LogP contribution is -1.91. The van der Waals surface area contributed by atoms with Gasteiger partial charge in [0.05, 0.1) is 6.20 Å². The van der Waals surface area contributed by atoms with E-state index in [0.29, 0.717) is 10.9 Å². The van der Waals surface area contributed by atoms with Crippen LogP contribution in [-0.4, -0.2) is 10.1 Å². The largest absolute Gasteiger partial charge is 0.506 e. The average Bonchev–Trinajstić information content (AvgIpc) is 2.05. The zero-order chi connectivity index (χ0) is 9.14. The molecule has 0 radical (unpaired) electrons. The molecule has 1 N–H and O–H groups in total. The van der Waals surface area contributed by atoms with E-state index < -0.39 is 6.43 Å². The molecule has 2 nitrogen and oxygen atoms in total. The van der Waals surface area contributed by atoms with E-state index in [1.54, 1.807) is 0 Å². The number of hydrogen-bond donors (Lipinski definition) is 1. The molecule has 0 bridgehead atoms. The first-order valence-electron chi connectivity index (χ1n) is 3.17. The Bertz CT molecular complexity index is 280. The van der Waals surface area contributed by atoms with Crippen LogP contribution in [0.4, 0.5) is 8.78 Å². The number of hydrogen-bond acceptors (Lipinski definition) is 2. The van der Waals surface area contributed by atoms with Crippen LogP contribution >= 0.6 is 15.9 Å². The van der Waals surface area contributed by atoms with Crippen molar-refractivity contribution in [1.82, 2.24) is 4.98 Å². The molecular formula is C7H6BrF2NO. The highest BCUT2D eigenvalue weighted by molar-refractivity contribution is 9.08. The van der Waals surface area contributed by atoms with E-state index in [1.165, 1.54) is 6.07 Å². The summed E-state index contributed by atoms with van der Waals surface area (Å²) in [6.45, 7) is 0. The molecule has 0 aliphatic rings. The van der Waals surface area contributed by atoms with Crippen molar-refractivity contribution in [3.63, 3.8) is 0 Å². The maximum atomic E-state index is 12.1. The highest BCUT2D eigenvalue weighted by Crippen LogP contribution is 2.24. The fourth-order valence-corrected chi connectivity index (χ4v) is 1.18. The van der Waals surface area contributed by atoms with Crippen LogP contribution in [-0.2, 0) is 5.33 Å². The third kappa shape index (κ3) is 1.91. The summed E-state index contributed by atoms with van der Waals surface area (Å²) < 4.78 is 24.1. The maximum Gasteiger partial charge on any atom is 0.280 e. The lowest BCUT2D eigenvalue weighted by molar-refractivity contribution is 0.146. The van der Waals surface area contributed by atoms with Gasteiger partial charge >= 0.3 is 0 Å². The molecule has 0 amide bonds. The standard InChI is InChI=1S/C7H6BrF2NO/c8-2-4-1-5(7(9)10)11-3-6(4)12/h1,3,7,12H,2H2. The number of halogens is 3. The Labute approximate surface area is 76.4 Å². The number of nitrogens with zero attached hydrogens (tertiary/aromatic N) is 1. The van der Waals surface area contributed by atoms with Crippen LogP contribution in [0.1, 0.15) is 17.7 Å². The molecule has 1 aromatic heterocycles. The molecule has 0 aromatic carbocycles. The van der Waals surface area contributed by atoms with E-state index in [4.69, 9.17) is 5.11 Å². The van der Waals surface area contributed by atoms with Gasteiger partial charge in [0, 0.05) is 10.9 Å². The van der Waals surface area contributed by atoms with Crippen molar-refractivity contribution in [2.45, 2.75) is 11.8 Å². The zero-order valence-corrected chi connectivity index (χ0v) is 7.55. The summed E-state index contributed by atoms with van der Waals surface area (Å²) >= 11 is 3.06. The number of aromatic nitrogens is 1. The summed E-state index contributed by atoms with van der Waals surface area (Å²) in [7, 11) is 0. The second-order valence-corrected chi connectivity index (χ2v) is 2.73. The molecule has 1 heterocycles. The number of rotatable bonds is 2. The molecule has 1 rings (SSSR count).